The molecule has 6 atom stereocenters. The maximum Gasteiger partial charge on any atom is 0.129 e. The van der Waals surface area contributed by atoms with Crippen LogP contribution >= 0.6 is 0 Å². The Morgan fingerprint density at radius 1 is 0.194 bits per heavy atom. The summed E-state index contributed by atoms with van der Waals surface area (Å²) in [5.74, 6) is 0. The van der Waals surface area contributed by atoms with E-state index >= 15 is 0 Å². The molecule has 0 radical (unpaired) electrons. The average molecular weight is 1290 g/mol. The molecule has 0 saturated carbocycles. The highest BCUT2D eigenvalue weighted by atomic mass is 15.5. The van der Waals surface area contributed by atoms with E-state index in [0.29, 0.717) is 0 Å². The van der Waals surface area contributed by atoms with Gasteiger partial charge in [0.05, 0.1) is 95.1 Å². The number of likely N-dealkylation sites (N-methyl/N-ethyl adjacent to an activating group) is 7. The Morgan fingerprint density at radius 3 is 0.527 bits per heavy atom. The van der Waals surface area contributed by atoms with Crippen molar-refractivity contribution < 1.29 is 35.9 Å². The zero-order chi connectivity index (χ0) is 67.4. The standard InChI is InChI=1S/C85H160N8/c1-15-22-29-36-55-87(9)65-62-86(8)63-66-88(10,56-37-30-23-16-2)75-81-45-51-84(52-46-81)78-91(13,59-40-33-26-19-5)69-72-93(61-42-35-28-21-7,71-68-90(12,58-39-32-25-18-4)77-83-49-43-80(74-87)44-50-83)73-70-92(14,60-41-34-27-20-6)79-85-53-47-82(48-54-85)76-89(11,67-64-86)57-38-31-24-17-3/h43-54H,15-42,55-79H2,1-14H3/q+8. The third-order valence-electron chi connectivity index (χ3n) is 24.1. The van der Waals surface area contributed by atoms with Gasteiger partial charge in [-0.15, -0.1) is 0 Å². The average Bonchev–Trinajstić information content (AvgIpc) is 0.862. The molecule has 0 saturated heterocycles. The van der Waals surface area contributed by atoms with Gasteiger partial charge in [-0.3, -0.25) is 0 Å². The number of unbranched alkanes of at least 4 members (excludes halogenated alkanes) is 21. The first-order valence-electron chi connectivity index (χ1n) is 40.6. The molecule has 3 aromatic carbocycles. The summed E-state index contributed by atoms with van der Waals surface area (Å²) < 4.78 is 9.29. The molecule has 532 valence electrons. The van der Waals surface area contributed by atoms with Gasteiger partial charge in [0.2, 0.25) is 0 Å². The van der Waals surface area contributed by atoms with Crippen molar-refractivity contribution in [2.45, 2.75) is 268 Å². The highest BCUT2D eigenvalue weighted by Crippen LogP contribution is 2.28. The largest absolute Gasteiger partial charge is 0.318 e. The molecule has 12 aliphatic rings. The second-order valence-corrected chi connectivity index (χ2v) is 34.2. The van der Waals surface area contributed by atoms with Crippen molar-refractivity contribution in [2.24, 2.45) is 0 Å². The van der Waals surface area contributed by atoms with Crippen molar-refractivity contribution in [3.63, 3.8) is 0 Å². The molecule has 6 unspecified atom stereocenters. The number of hydrogen-bond donors (Lipinski definition) is 0. The molecule has 0 aromatic heterocycles. The molecule has 0 N–H and O–H groups in total. The lowest BCUT2D eigenvalue weighted by atomic mass is 10.1. The first kappa shape index (κ1) is 81.0. The highest BCUT2D eigenvalue weighted by molar-refractivity contribution is 5.23. The zero-order valence-corrected chi connectivity index (χ0v) is 65.0. The fraction of sp³-hybridized carbons (Fsp3) is 0.788. The molecular weight excluding hydrogens is 1130 g/mol. The van der Waals surface area contributed by atoms with E-state index in [1.165, 1.54) is 309 Å². The van der Waals surface area contributed by atoms with Crippen LogP contribution in [0.15, 0.2) is 72.8 Å². The van der Waals surface area contributed by atoms with Gasteiger partial charge in [-0.2, -0.15) is 0 Å². The summed E-state index contributed by atoms with van der Waals surface area (Å²) in [7, 11) is 18.8. The van der Waals surface area contributed by atoms with Crippen LogP contribution in [0.3, 0.4) is 0 Å². The monoisotopic (exact) mass is 1290 g/mol. The molecular formula is C85H160N8+8. The Morgan fingerprint density at radius 2 is 0.355 bits per heavy atom. The van der Waals surface area contributed by atoms with Gasteiger partial charge in [-0.25, -0.2) is 0 Å². The fourth-order valence-electron chi connectivity index (χ4n) is 16.7. The molecule has 93 heavy (non-hydrogen) atoms. The van der Waals surface area contributed by atoms with E-state index in [-0.39, 0.29) is 0 Å². The van der Waals surface area contributed by atoms with E-state index in [1.54, 1.807) is 33.4 Å². The second kappa shape index (κ2) is 42.3. The number of quaternary nitrogens is 8. The van der Waals surface area contributed by atoms with Crippen molar-refractivity contribution in [2.75, 3.05) is 174 Å². The summed E-state index contributed by atoms with van der Waals surface area (Å²) in [4.78, 5) is 0. The lowest BCUT2D eigenvalue weighted by Gasteiger charge is -2.46. The Labute approximate surface area is 580 Å². The SMILES string of the molecule is CCCCCC[N+]1(C)CC[N+]2(C)CC[N+](C)(CCCCCC)Cc3ccc(cc3)C[N+](C)(CCCCCC)CC[N+](CCCCCC)(CC[N+](C)(CCCCCC)Cc3ccc(cc3)C1)CC[N+](C)(CCCCCC)Cc1ccc(cc1)C[N+](C)(CCCCCC)CC2. The first-order valence-corrected chi connectivity index (χ1v) is 40.6. The van der Waals surface area contributed by atoms with Gasteiger partial charge in [-0.1, -0.05) is 211 Å². The van der Waals surface area contributed by atoms with Gasteiger partial charge < -0.3 is 35.9 Å². The van der Waals surface area contributed by atoms with Gasteiger partial charge in [0.1, 0.15) is 118 Å². The van der Waals surface area contributed by atoms with E-state index in [9.17, 15) is 0 Å². The van der Waals surface area contributed by atoms with Crippen LogP contribution in [0, 0.1) is 0 Å². The van der Waals surface area contributed by atoms with Crippen LogP contribution in [0.4, 0.5) is 0 Å². The maximum absolute atomic E-state index is 2.73. The molecule has 12 heterocycles. The van der Waals surface area contributed by atoms with Gasteiger partial charge in [0, 0.05) is 33.4 Å². The predicted octanol–water partition coefficient (Wildman–Crippen LogP) is 19.1. The highest BCUT2D eigenvalue weighted by Gasteiger charge is 2.40. The summed E-state index contributed by atoms with van der Waals surface area (Å²) in [6.45, 7) is 47.5. The minimum Gasteiger partial charge on any atom is -0.318 e. The molecule has 0 amide bonds. The molecule has 12 aliphatic heterocycles. The molecule has 0 fully saturated rings. The number of rotatable bonds is 35. The van der Waals surface area contributed by atoms with E-state index < -0.39 is 0 Å². The summed E-state index contributed by atoms with van der Waals surface area (Å²) >= 11 is 0. The zero-order valence-electron chi connectivity index (χ0n) is 65.0. The van der Waals surface area contributed by atoms with E-state index in [4.69, 9.17) is 0 Å². The first-order chi connectivity index (χ1) is 44.6. The lowest BCUT2D eigenvalue weighted by Crippen LogP contribution is -2.63. The van der Waals surface area contributed by atoms with E-state index in [2.05, 4.69) is 171 Å². The quantitative estimate of drug-likeness (QED) is 0.0407. The fourth-order valence-corrected chi connectivity index (χ4v) is 16.7. The van der Waals surface area contributed by atoms with E-state index in [0.717, 1.165) is 70.6 Å². The minimum absolute atomic E-state index is 1.13. The van der Waals surface area contributed by atoms with Crippen LogP contribution in [0.25, 0.3) is 0 Å². The molecule has 8 bridgehead atoms. The number of benzene rings is 3. The summed E-state index contributed by atoms with van der Waals surface area (Å²) in [5.41, 5.74) is 9.30. The Hall–Kier alpha value is -2.66. The Kier molecular flexibility index (Phi) is 36.9. The maximum atomic E-state index is 2.73. The predicted molar refractivity (Wildman–Crippen MR) is 407 cm³/mol. The number of hydrogen-bond acceptors (Lipinski definition) is 0. The Bertz CT molecular complexity index is 2140. The molecule has 8 nitrogen and oxygen atoms in total. The van der Waals surface area contributed by atoms with Crippen LogP contribution in [-0.4, -0.2) is 210 Å². The van der Waals surface area contributed by atoms with Crippen LogP contribution in [-0.2, 0) is 39.3 Å². The van der Waals surface area contributed by atoms with Gasteiger partial charge in [0.15, 0.2) is 0 Å². The third kappa shape index (κ3) is 31.0. The molecule has 15 rings (SSSR count). The molecule has 0 spiro atoms. The molecule has 8 heteroatoms. The topological polar surface area (TPSA) is 0 Å². The van der Waals surface area contributed by atoms with Crippen molar-refractivity contribution in [1.29, 1.82) is 0 Å². The molecule has 0 aliphatic carbocycles. The number of nitrogens with zero attached hydrogens (tertiary/aromatic N) is 8. The normalized spacial score (nSPS) is 28.3. The molecule has 3 aromatic rings. The summed E-state index contributed by atoms with van der Waals surface area (Å²) in [6.07, 6.45) is 37.3. The van der Waals surface area contributed by atoms with Crippen LogP contribution in [0.1, 0.15) is 262 Å². The summed E-state index contributed by atoms with van der Waals surface area (Å²) in [5, 5.41) is 0. The summed E-state index contributed by atoms with van der Waals surface area (Å²) in [6, 6.07) is 31.3. The Balaban J connectivity index is 1.81. The van der Waals surface area contributed by atoms with E-state index in [1.807, 2.05) is 0 Å². The third-order valence-corrected chi connectivity index (χ3v) is 24.1. The van der Waals surface area contributed by atoms with Gasteiger partial charge in [0.25, 0.3) is 0 Å². The van der Waals surface area contributed by atoms with Gasteiger partial charge >= 0.3 is 0 Å². The van der Waals surface area contributed by atoms with Gasteiger partial charge in [-0.05, 0) is 89.9 Å². The minimum atomic E-state index is 1.13. The van der Waals surface area contributed by atoms with Crippen LogP contribution < -0.4 is 0 Å². The van der Waals surface area contributed by atoms with Crippen LogP contribution in [0.2, 0.25) is 0 Å². The van der Waals surface area contributed by atoms with Crippen molar-refractivity contribution in [3.8, 4) is 0 Å². The van der Waals surface area contributed by atoms with Crippen molar-refractivity contribution in [3.05, 3.63) is 106 Å². The van der Waals surface area contributed by atoms with Crippen molar-refractivity contribution in [1.82, 2.24) is 0 Å². The smallest absolute Gasteiger partial charge is 0.129 e. The lowest BCUT2D eigenvalue weighted by molar-refractivity contribution is -1.02. The van der Waals surface area contributed by atoms with Crippen LogP contribution in [0.5, 0.6) is 0 Å². The second-order valence-electron chi connectivity index (χ2n) is 34.2. The van der Waals surface area contributed by atoms with Crippen molar-refractivity contribution >= 4 is 0 Å².